The number of aromatic nitrogens is 1. The third-order valence-electron chi connectivity index (χ3n) is 15.8. The van der Waals surface area contributed by atoms with Crippen LogP contribution in [0.2, 0.25) is 0 Å². The minimum absolute atomic E-state index is 0.0126. The molecule has 1 aliphatic carbocycles. The van der Waals surface area contributed by atoms with E-state index < -0.39 is 76.4 Å². The van der Waals surface area contributed by atoms with Crippen molar-refractivity contribution in [2.24, 2.45) is 11.3 Å². The zero-order valence-corrected chi connectivity index (χ0v) is 35.8. The summed E-state index contributed by atoms with van der Waals surface area (Å²) in [7, 11) is 3.93. The highest BCUT2D eigenvalue weighted by molar-refractivity contribution is 5.96. The van der Waals surface area contributed by atoms with Crippen molar-refractivity contribution in [1.82, 2.24) is 9.88 Å². The molecule has 14 heteroatoms. The lowest BCUT2D eigenvalue weighted by Gasteiger charge is -2.63. The molecule has 10 atom stereocenters. The number of ether oxygens (including phenoxy) is 4. The predicted molar refractivity (Wildman–Crippen MR) is 225 cm³/mol. The summed E-state index contributed by atoms with van der Waals surface area (Å²) in [6.07, 6.45) is 4.45. The number of carbonyl (C=O) groups excluding carboxylic acids is 4. The second-order valence-electron chi connectivity index (χ2n) is 18.6. The van der Waals surface area contributed by atoms with Gasteiger partial charge >= 0.3 is 17.9 Å². The van der Waals surface area contributed by atoms with E-state index in [1.807, 2.05) is 56.3 Å². The molecule has 1 saturated carbocycles. The number of amides is 1. The molecule has 6 heterocycles. The maximum absolute atomic E-state index is 15.5. The summed E-state index contributed by atoms with van der Waals surface area (Å²) in [5, 5.41) is 26.4. The Morgan fingerprint density at radius 1 is 1.03 bits per heavy atom. The first kappa shape index (κ1) is 38.0. The van der Waals surface area contributed by atoms with Crippen LogP contribution in [0.25, 0.3) is 10.9 Å². The Hall–Kier alpha value is -4.76. The third kappa shape index (κ3) is 5.40. The molecule has 2 aromatic carbocycles. The van der Waals surface area contributed by atoms with Gasteiger partial charge in [0.15, 0.2) is 6.10 Å². The number of piperidine rings is 1. The van der Waals surface area contributed by atoms with Crippen LogP contribution in [-0.4, -0.2) is 139 Å². The Balaban J connectivity index is 1.39. The molecule has 0 radical (unpaired) electrons. The lowest BCUT2D eigenvalue weighted by molar-refractivity contribution is -0.924. The standard InChI is InChI=1S/C47H59N4O10/c1-8-43(56)23-29-24-46(41(54)59-6,37-31(15-20-51(4,25-29)26-43)30-13-10-11-14-34(30)48-37)33-21-32-35(22-36(33)58-5)50(27-52)39-45(32)17-19-49-18-12-16-44(9-2,38(45)49)40(61-28(3)53)47(39,57)42(55)60-7/h10-14,16,21-22,27,29,38-40,48,56-57H,8-9,15,17-20,23-26H2,1-7H3/q+1/t29-,38+,39-,40-,43+,44-,45-,46+,47+,51-/m1/s1/i4D3. The average Bonchev–Trinajstić information content (AvgIpc) is 3.95. The van der Waals surface area contributed by atoms with Crippen LogP contribution in [0.1, 0.15) is 79.4 Å². The topological polar surface area (TPSA) is 168 Å². The van der Waals surface area contributed by atoms with Gasteiger partial charge in [0.2, 0.25) is 12.0 Å². The number of anilines is 1. The van der Waals surface area contributed by atoms with Crippen LogP contribution < -0.4 is 9.64 Å². The molecule has 1 aromatic heterocycles. The number of likely N-dealkylation sites (N-methyl/N-ethyl adjacent to an activating group) is 1. The highest BCUT2D eigenvalue weighted by Gasteiger charge is 2.81. The van der Waals surface area contributed by atoms with Gasteiger partial charge in [-0.25, -0.2) is 4.79 Å². The van der Waals surface area contributed by atoms with E-state index >= 15 is 4.79 Å². The Labute approximate surface area is 360 Å². The van der Waals surface area contributed by atoms with Gasteiger partial charge in [-0.05, 0) is 61.9 Å². The van der Waals surface area contributed by atoms with E-state index in [1.54, 1.807) is 6.07 Å². The van der Waals surface area contributed by atoms with E-state index in [1.165, 1.54) is 26.0 Å². The van der Waals surface area contributed by atoms with Gasteiger partial charge in [0.05, 0.1) is 57.2 Å². The predicted octanol–water partition coefficient (Wildman–Crippen LogP) is 3.66. The first-order valence-corrected chi connectivity index (χ1v) is 21.5. The molecule has 5 aliphatic heterocycles. The molecule has 1 spiro atoms. The van der Waals surface area contributed by atoms with E-state index in [2.05, 4.69) is 9.88 Å². The van der Waals surface area contributed by atoms with Crippen molar-refractivity contribution in [1.29, 1.82) is 0 Å². The largest absolute Gasteiger partial charge is 0.496 e. The summed E-state index contributed by atoms with van der Waals surface area (Å²) in [6.45, 7) is 3.84. The van der Waals surface area contributed by atoms with Crippen molar-refractivity contribution in [2.75, 3.05) is 65.9 Å². The lowest BCUT2D eigenvalue weighted by atomic mass is 9.47. The zero-order valence-electron chi connectivity index (χ0n) is 38.8. The smallest absolute Gasteiger partial charge is 0.344 e. The van der Waals surface area contributed by atoms with Gasteiger partial charge < -0.3 is 43.5 Å². The number of hydrogen-bond donors (Lipinski definition) is 3. The first-order chi connectivity index (χ1) is 30.3. The van der Waals surface area contributed by atoms with Crippen molar-refractivity contribution in [3.8, 4) is 5.75 Å². The molecule has 9 rings (SSSR count). The first-order valence-electron chi connectivity index (χ1n) is 23.0. The van der Waals surface area contributed by atoms with Crippen molar-refractivity contribution < 1.29 is 56.9 Å². The number of benzene rings is 2. The van der Waals surface area contributed by atoms with E-state index in [9.17, 15) is 24.6 Å². The number of hydrogen-bond acceptors (Lipinski definition) is 11. The van der Waals surface area contributed by atoms with Gasteiger partial charge in [0.25, 0.3) is 0 Å². The number of esters is 3. The third-order valence-corrected chi connectivity index (χ3v) is 15.8. The summed E-state index contributed by atoms with van der Waals surface area (Å²) < 4.78 is 50.3. The van der Waals surface area contributed by atoms with Crippen LogP contribution in [0.15, 0.2) is 48.6 Å². The van der Waals surface area contributed by atoms with Crippen molar-refractivity contribution in [3.63, 3.8) is 0 Å². The number of nitrogens with zero attached hydrogens (tertiary/aromatic N) is 3. The number of aliphatic hydroxyl groups is 2. The van der Waals surface area contributed by atoms with E-state index in [-0.39, 0.29) is 49.1 Å². The molecule has 1 amide bonds. The van der Waals surface area contributed by atoms with Crippen LogP contribution in [-0.2, 0) is 50.6 Å². The van der Waals surface area contributed by atoms with Crippen molar-refractivity contribution in [3.05, 3.63) is 70.9 Å². The van der Waals surface area contributed by atoms with Crippen LogP contribution in [0, 0.1) is 11.3 Å². The summed E-state index contributed by atoms with van der Waals surface area (Å²) in [4.78, 5) is 64.0. The van der Waals surface area contributed by atoms with Crippen LogP contribution in [0.5, 0.6) is 5.75 Å². The number of H-pyrrole nitrogens is 1. The van der Waals surface area contributed by atoms with Gasteiger partial charge in [0.1, 0.15) is 23.3 Å². The molecule has 14 nitrogen and oxygen atoms in total. The minimum atomic E-state index is -2.59. The molecule has 61 heavy (non-hydrogen) atoms. The number of nitrogens with one attached hydrogen (secondary N) is 1. The summed E-state index contributed by atoms with van der Waals surface area (Å²) in [5.74, 6) is -2.76. The maximum atomic E-state index is 15.5. The summed E-state index contributed by atoms with van der Waals surface area (Å²) >= 11 is 0. The van der Waals surface area contributed by atoms with E-state index in [0.717, 1.165) is 23.6 Å². The highest BCUT2D eigenvalue weighted by atomic mass is 16.6. The van der Waals surface area contributed by atoms with Crippen LogP contribution in [0.3, 0.4) is 0 Å². The molecule has 3 N–H and O–H groups in total. The number of fused-ring (bicyclic) bond motifs is 6. The molecule has 0 unspecified atom stereocenters. The number of quaternary nitrogens is 1. The van der Waals surface area contributed by atoms with Crippen molar-refractivity contribution >= 4 is 40.9 Å². The van der Waals surface area contributed by atoms with Gasteiger partial charge in [-0.3, -0.25) is 19.3 Å². The van der Waals surface area contributed by atoms with Crippen LogP contribution in [0.4, 0.5) is 5.69 Å². The Morgan fingerprint density at radius 3 is 2.48 bits per heavy atom. The second kappa shape index (κ2) is 14.1. The number of carbonyl (C=O) groups is 4. The highest BCUT2D eigenvalue weighted by Crippen LogP contribution is 2.68. The quantitative estimate of drug-likeness (QED) is 0.0996. The molecular formula is C47H59N4O10+. The average molecular weight is 843 g/mol. The van der Waals surface area contributed by atoms with Gasteiger partial charge in [-0.1, -0.05) is 44.2 Å². The molecular weight excluding hydrogens is 781 g/mol. The molecule has 326 valence electrons. The number of methoxy groups -OCH3 is 3. The molecule has 3 fully saturated rings. The fraction of sp³-hybridized carbons (Fsp3) is 0.574. The van der Waals surface area contributed by atoms with E-state index in [0.29, 0.717) is 61.3 Å². The molecule has 6 aliphatic rings. The van der Waals surface area contributed by atoms with E-state index in [4.69, 9.17) is 23.1 Å². The Kier molecular flexibility index (Phi) is 8.79. The van der Waals surface area contributed by atoms with Crippen molar-refractivity contribution in [2.45, 2.75) is 99.5 Å². The fourth-order valence-corrected chi connectivity index (χ4v) is 13.7. The fourth-order valence-electron chi connectivity index (χ4n) is 13.7. The normalized spacial score (nSPS) is 38.2. The molecule has 3 aromatic rings. The SMILES string of the molecule is [2H]C([2H])([2H])[N@+]12CCc3c([nH]c4ccccc34)[C@@](C(=O)OC)(c3cc4c(cc3OC)N(C=O)[C@H]3[C@@](O)(C(=O)OC)[C@H](OC(C)=O)[C@]5(CC)C=CCN6CC[C@]43[C@@H]65)C[C@@H](C[C@@](O)(CC)C1)C2. The number of para-hydroxylation sites is 1. The summed E-state index contributed by atoms with van der Waals surface area (Å²) in [5.41, 5.74) is -4.80. The lowest BCUT2D eigenvalue weighted by Crippen LogP contribution is -2.81. The Morgan fingerprint density at radius 2 is 1.80 bits per heavy atom. The van der Waals surface area contributed by atoms with Gasteiger partial charge in [-0.2, -0.15) is 0 Å². The maximum Gasteiger partial charge on any atom is 0.344 e. The van der Waals surface area contributed by atoms with Crippen LogP contribution >= 0.6 is 0 Å². The number of aromatic amines is 1. The molecule has 2 bridgehead atoms. The minimum Gasteiger partial charge on any atom is -0.496 e. The second-order valence-corrected chi connectivity index (χ2v) is 18.6. The van der Waals surface area contributed by atoms with Gasteiger partial charge in [-0.15, -0.1) is 0 Å². The monoisotopic (exact) mass is 842 g/mol. The molecule has 2 saturated heterocycles. The summed E-state index contributed by atoms with van der Waals surface area (Å²) in [6, 6.07) is 9.31. The number of rotatable bonds is 8. The zero-order chi connectivity index (χ0) is 46.0. The van der Waals surface area contributed by atoms with Gasteiger partial charge in [0, 0.05) is 70.9 Å². The Bertz CT molecular complexity index is 2480.